The third-order valence-corrected chi connectivity index (χ3v) is 6.00. The summed E-state index contributed by atoms with van der Waals surface area (Å²) in [7, 11) is 0. The predicted octanol–water partition coefficient (Wildman–Crippen LogP) is 2.75. The maximum atomic E-state index is 12.2. The van der Waals surface area contributed by atoms with Crippen molar-refractivity contribution < 1.29 is 39.2 Å². The molecule has 29 heavy (non-hydrogen) atoms. The second-order valence-electron chi connectivity index (χ2n) is 8.21. The Morgan fingerprint density at radius 1 is 0.897 bits per heavy atom. The van der Waals surface area contributed by atoms with E-state index in [4.69, 9.17) is 19.7 Å². The molecule has 0 spiro atoms. The van der Waals surface area contributed by atoms with E-state index in [1.54, 1.807) is 0 Å². The maximum Gasteiger partial charge on any atom is 0.303 e. The molecule has 1 saturated heterocycles. The monoisotopic (exact) mass is 414 g/mol. The first-order valence-electron chi connectivity index (χ1n) is 10.8. The molecular formula is C21H34O8. The van der Waals surface area contributed by atoms with E-state index in [-0.39, 0.29) is 42.9 Å². The molecule has 166 valence electrons. The van der Waals surface area contributed by atoms with E-state index in [1.807, 2.05) is 0 Å². The van der Waals surface area contributed by atoms with E-state index in [0.717, 1.165) is 19.3 Å². The molecule has 1 aliphatic carbocycles. The summed E-state index contributed by atoms with van der Waals surface area (Å²) in [6, 6.07) is 0. The molecule has 2 rings (SSSR count). The minimum atomic E-state index is -0.898. The molecule has 8 nitrogen and oxygen atoms in total. The first-order valence-corrected chi connectivity index (χ1v) is 10.8. The number of unbranched alkanes of at least 4 members (excludes halogenated alkanes) is 1. The number of aliphatic hydroxyl groups is 1. The van der Waals surface area contributed by atoms with Crippen LogP contribution in [0.1, 0.15) is 77.0 Å². The van der Waals surface area contributed by atoms with Gasteiger partial charge in [-0.3, -0.25) is 14.4 Å². The van der Waals surface area contributed by atoms with Gasteiger partial charge in [-0.1, -0.05) is 0 Å². The van der Waals surface area contributed by atoms with Crippen LogP contribution in [0.2, 0.25) is 0 Å². The minimum absolute atomic E-state index is 0.0198. The van der Waals surface area contributed by atoms with Crippen LogP contribution in [-0.4, -0.2) is 58.1 Å². The highest BCUT2D eigenvalue weighted by atomic mass is 16.7. The standard InChI is InChI=1S/C21H34O8/c22-14(5-1-2-6-19(24)25)8-9-16-15(10-11-20(26)27)17(23)13-18(16)29-21-7-3-4-12-28-21/h15-18,21,23H,1-13H2,(H,24,25)(H,26,27)/t15-,16-,17+,18-,21?/m1/s1. The molecule has 2 fully saturated rings. The van der Waals surface area contributed by atoms with Crippen LogP contribution in [0, 0.1) is 11.8 Å². The van der Waals surface area contributed by atoms with Crippen LogP contribution in [0.3, 0.4) is 0 Å². The predicted molar refractivity (Wildman–Crippen MR) is 103 cm³/mol. The van der Waals surface area contributed by atoms with Gasteiger partial charge in [-0.2, -0.15) is 0 Å². The summed E-state index contributed by atoms with van der Waals surface area (Å²) in [5, 5.41) is 28.2. The number of carboxylic acid groups (broad SMARTS) is 2. The number of carboxylic acids is 2. The molecule has 0 aromatic carbocycles. The average Bonchev–Trinajstić information content (AvgIpc) is 2.96. The summed E-state index contributed by atoms with van der Waals surface area (Å²) in [5.74, 6) is -1.98. The zero-order valence-corrected chi connectivity index (χ0v) is 17.0. The summed E-state index contributed by atoms with van der Waals surface area (Å²) in [5.41, 5.74) is 0. The van der Waals surface area contributed by atoms with Gasteiger partial charge in [0.05, 0.1) is 12.2 Å². The Hall–Kier alpha value is -1.51. The van der Waals surface area contributed by atoms with Gasteiger partial charge in [-0.05, 0) is 56.8 Å². The van der Waals surface area contributed by atoms with Crippen molar-refractivity contribution in [3.63, 3.8) is 0 Å². The third-order valence-electron chi connectivity index (χ3n) is 6.00. The van der Waals surface area contributed by atoms with Crippen molar-refractivity contribution in [2.75, 3.05) is 6.61 Å². The number of hydrogen-bond acceptors (Lipinski definition) is 6. The Kier molecular flexibility index (Phi) is 10.0. The van der Waals surface area contributed by atoms with Crippen molar-refractivity contribution >= 4 is 17.7 Å². The minimum Gasteiger partial charge on any atom is -0.481 e. The van der Waals surface area contributed by atoms with Crippen LogP contribution >= 0.6 is 0 Å². The van der Waals surface area contributed by atoms with Crippen molar-refractivity contribution in [2.24, 2.45) is 11.8 Å². The molecule has 0 amide bonds. The quantitative estimate of drug-likeness (QED) is 0.392. The number of aliphatic carboxylic acids is 2. The molecular weight excluding hydrogens is 380 g/mol. The van der Waals surface area contributed by atoms with Gasteiger partial charge in [0.25, 0.3) is 0 Å². The second-order valence-corrected chi connectivity index (χ2v) is 8.21. The molecule has 2 aliphatic rings. The highest BCUT2D eigenvalue weighted by molar-refractivity contribution is 5.78. The number of ether oxygens (including phenoxy) is 2. The lowest BCUT2D eigenvalue weighted by molar-refractivity contribution is -0.196. The summed E-state index contributed by atoms with van der Waals surface area (Å²) in [6.07, 6.45) is 4.75. The molecule has 8 heteroatoms. The number of hydrogen-bond donors (Lipinski definition) is 3. The molecule has 0 aromatic rings. The third kappa shape index (κ3) is 8.40. The lowest BCUT2D eigenvalue weighted by atomic mass is 9.85. The molecule has 1 unspecified atom stereocenters. The van der Waals surface area contributed by atoms with Crippen molar-refractivity contribution in [1.29, 1.82) is 0 Å². The lowest BCUT2D eigenvalue weighted by Gasteiger charge is -2.30. The Balaban J connectivity index is 1.89. The van der Waals surface area contributed by atoms with Crippen LogP contribution in [0.15, 0.2) is 0 Å². The van der Waals surface area contributed by atoms with Gasteiger partial charge in [-0.15, -0.1) is 0 Å². The number of rotatable bonds is 13. The van der Waals surface area contributed by atoms with E-state index in [9.17, 15) is 19.5 Å². The Morgan fingerprint density at radius 2 is 1.59 bits per heavy atom. The van der Waals surface area contributed by atoms with E-state index in [1.165, 1.54) is 0 Å². The zero-order valence-electron chi connectivity index (χ0n) is 17.0. The van der Waals surface area contributed by atoms with Crippen LogP contribution in [0.5, 0.6) is 0 Å². The van der Waals surface area contributed by atoms with Crippen LogP contribution in [-0.2, 0) is 23.9 Å². The Bertz CT molecular complexity index is 543. The van der Waals surface area contributed by atoms with Gasteiger partial charge in [0, 0.05) is 38.7 Å². The molecule has 0 bridgehead atoms. The van der Waals surface area contributed by atoms with Gasteiger partial charge in [0.1, 0.15) is 5.78 Å². The topological polar surface area (TPSA) is 130 Å². The molecule has 0 radical (unpaired) electrons. The summed E-state index contributed by atoms with van der Waals surface area (Å²) in [4.78, 5) is 33.8. The number of carbonyl (C=O) groups is 3. The first-order chi connectivity index (χ1) is 13.9. The van der Waals surface area contributed by atoms with Crippen molar-refractivity contribution in [3.8, 4) is 0 Å². The van der Waals surface area contributed by atoms with Crippen molar-refractivity contribution in [3.05, 3.63) is 0 Å². The summed E-state index contributed by atoms with van der Waals surface area (Å²) in [6.45, 7) is 0.655. The molecule has 1 heterocycles. The summed E-state index contributed by atoms with van der Waals surface area (Å²) < 4.78 is 11.8. The van der Waals surface area contributed by atoms with Crippen LogP contribution in [0.4, 0.5) is 0 Å². The largest absolute Gasteiger partial charge is 0.481 e. The molecule has 1 aliphatic heterocycles. The number of aliphatic hydroxyl groups excluding tert-OH is 1. The van der Waals surface area contributed by atoms with Gasteiger partial charge >= 0.3 is 11.9 Å². The van der Waals surface area contributed by atoms with E-state index >= 15 is 0 Å². The highest BCUT2D eigenvalue weighted by Gasteiger charge is 2.44. The van der Waals surface area contributed by atoms with E-state index < -0.39 is 18.0 Å². The van der Waals surface area contributed by atoms with E-state index in [2.05, 4.69) is 0 Å². The normalized spacial score (nSPS) is 29.6. The van der Waals surface area contributed by atoms with Gasteiger partial charge < -0.3 is 24.8 Å². The number of carbonyl (C=O) groups excluding carboxylic acids is 1. The highest BCUT2D eigenvalue weighted by Crippen LogP contribution is 2.41. The molecule has 1 saturated carbocycles. The van der Waals surface area contributed by atoms with Crippen LogP contribution in [0.25, 0.3) is 0 Å². The number of Topliss-reactive ketones (excluding diaryl/α,β-unsaturated/α-hetero) is 1. The van der Waals surface area contributed by atoms with E-state index in [0.29, 0.717) is 51.6 Å². The van der Waals surface area contributed by atoms with Crippen LogP contribution < -0.4 is 0 Å². The SMILES string of the molecule is O=C(O)CCCCC(=O)CC[C@@H]1[C@@H](CCC(=O)O)[C@@H](O)C[C@H]1OC1CCCCO1. The lowest BCUT2D eigenvalue weighted by Crippen LogP contribution is -2.31. The maximum absolute atomic E-state index is 12.2. The Morgan fingerprint density at radius 3 is 2.24 bits per heavy atom. The fourth-order valence-electron chi connectivity index (χ4n) is 4.47. The zero-order chi connectivity index (χ0) is 21.2. The second kappa shape index (κ2) is 12.2. The smallest absolute Gasteiger partial charge is 0.303 e. The fraction of sp³-hybridized carbons (Fsp3) is 0.857. The summed E-state index contributed by atoms with van der Waals surface area (Å²) >= 11 is 0. The van der Waals surface area contributed by atoms with Gasteiger partial charge in [0.2, 0.25) is 0 Å². The van der Waals surface area contributed by atoms with Crippen molar-refractivity contribution in [2.45, 2.75) is 95.5 Å². The number of ketones is 1. The molecule has 5 atom stereocenters. The van der Waals surface area contributed by atoms with Gasteiger partial charge in [0.15, 0.2) is 6.29 Å². The van der Waals surface area contributed by atoms with Crippen molar-refractivity contribution in [1.82, 2.24) is 0 Å². The molecule has 0 aromatic heterocycles. The molecule has 3 N–H and O–H groups in total. The fourth-order valence-corrected chi connectivity index (χ4v) is 4.47. The average molecular weight is 414 g/mol. The Labute approximate surface area is 171 Å². The first kappa shape index (κ1) is 23.8. The van der Waals surface area contributed by atoms with Gasteiger partial charge in [-0.25, -0.2) is 0 Å².